The minimum atomic E-state index is -3.05. The molecule has 2 aliphatic rings. The van der Waals surface area contributed by atoms with Crippen LogP contribution in [0.2, 0.25) is 0 Å². The number of rotatable bonds is 5. The molecule has 1 saturated heterocycles. The van der Waals surface area contributed by atoms with E-state index < -0.39 is 9.84 Å². The number of sulfone groups is 1. The van der Waals surface area contributed by atoms with Gasteiger partial charge in [-0.15, -0.1) is 0 Å². The third-order valence-corrected chi connectivity index (χ3v) is 7.08. The van der Waals surface area contributed by atoms with E-state index in [1.165, 1.54) is 0 Å². The highest BCUT2D eigenvalue weighted by Crippen LogP contribution is 2.40. The number of aryl methyl sites for hydroxylation is 1. The summed E-state index contributed by atoms with van der Waals surface area (Å²) in [6.07, 6.45) is 4.22. The first-order chi connectivity index (χ1) is 12.4. The molecule has 0 aromatic carbocycles. The van der Waals surface area contributed by atoms with Crippen LogP contribution >= 0.6 is 0 Å². The maximum absolute atomic E-state index is 13.2. The summed E-state index contributed by atoms with van der Waals surface area (Å²) in [4.78, 5) is 19.4. The lowest BCUT2D eigenvalue weighted by Gasteiger charge is -2.24. The Balaban J connectivity index is 1.75. The minimum absolute atomic E-state index is 0.0321. The number of aromatic nitrogens is 2. The molecule has 26 heavy (non-hydrogen) atoms. The van der Waals surface area contributed by atoms with Gasteiger partial charge < -0.3 is 9.42 Å². The van der Waals surface area contributed by atoms with Crippen molar-refractivity contribution in [3.8, 4) is 0 Å². The Hall–Kier alpha value is -1.96. The molecule has 0 spiro atoms. The molecule has 0 N–H and O–H groups in total. The molecule has 1 saturated carbocycles. The van der Waals surface area contributed by atoms with Gasteiger partial charge in [0, 0.05) is 24.7 Å². The highest BCUT2D eigenvalue weighted by Gasteiger charge is 2.35. The largest absolute Gasteiger partial charge is 0.338 e. The van der Waals surface area contributed by atoms with Crippen LogP contribution in [0.4, 0.5) is 0 Å². The second-order valence-corrected chi connectivity index (χ2v) is 9.63. The average Bonchev–Trinajstić information content (AvgIpc) is 3.30. The van der Waals surface area contributed by atoms with Crippen molar-refractivity contribution < 1.29 is 17.7 Å². The molecule has 4 rings (SSSR count). The third-order valence-electron chi connectivity index (χ3n) is 5.33. The van der Waals surface area contributed by atoms with Crippen LogP contribution in [0.3, 0.4) is 0 Å². The molecule has 1 aliphatic carbocycles. The van der Waals surface area contributed by atoms with Crippen LogP contribution in [0, 0.1) is 0 Å². The van der Waals surface area contributed by atoms with Gasteiger partial charge in [0.25, 0.3) is 11.6 Å². The topological polar surface area (TPSA) is 93.4 Å². The van der Waals surface area contributed by atoms with Crippen LogP contribution < -0.4 is 0 Å². The molecule has 0 unspecified atom stereocenters. The number of hydrogen-bond acceptors (Lipinski definition) is 6. The van der Waals surface area contributed by atoms with Gasteiger partial charge >= 0.3 is 0 Å². The van der Waals surface area contributed by atoms with Gasteiger partial charge in [-0.1, -0.05) is 18.5 Å². The number of pyridine rings is 1. The molecule has 1 amide bonds. The van der Waals surface area contributed by atoms with Gasteiger partial charge in [-0.3, -0.25) is 4.79 Å². The number of amides is 1. The summed E-state index contributed by atoms with van der Waals surface area (Å²) in [5.41, 5.74) is 2.56. The number of fused-ring (bicyclic) bond motifs is 1. The van der Waals surface area contributed by atoms with Crippen molar-refractivity contribution >= 4 is 26.8 Å². The lowest BCUT2D eigenvalue weighted by Crippen LogP contribution is -2.38. The molecule has 2 aromatic rings. The predicted molar refractivity (Wildman–Crippen MR) is 96.9 cm³/mol. The van der Waals surface area contributed by atoms with Crippen molar-refractivity contribution in [3.05, 3.63) is 23.0 Å². The summed E-state index contributed by atoms with van der Waals surface area (Å²) in [5, 5.41) is 4.80. The average molecular weight is 377 g/mol. The summed E-state index contributed by atoms with van der Waals surface area (Å²) in [7, 11) is -1.37. The van der Waals surface area contributed by atoms with E-state index in [0.717, 1.165) is 30.7 Å². The first-order valence-corrected chi connectivity index (χ1v) is 11.0. The standard InChI is InChI=1S/C18H23N3O4S/c1-3-4-14-16-13(9-15(11-5-6-11)19-17(16)25-20-14)18(22)21(2)12-7-8-26(23,24)10-12/h9,11-12H,3-8,10H2,1-2H3/t12-/m0/s1. The zero-order valence-corrected chi connectivity index (χ0v) is 15.9. The molecule has 2 aromatic heterocycles. The summed E-state index contributed by atoms with van der Waals surface area (Å²) in [6.45, 7) is 2.05. The van der Waals surface area contributed by atoms with Crippen LogP contribution in [0.1, 0.15) is 60.3 Å². The molecular formula is C18H23N3O4S. The fourth-order valence-electron chi connectivity index (χ4n) is 3.63. The van der Waals surface area contributed by atoms with Crippen molar-refractivity contribution in [3.63, 3.8) is 0 Å². The molecule has 7 nitrogen and oxygen atoms in total. The fourth-order valence-corrected chi connectivity index (χ4v) is 5.40. The van der Waals surface area contributed by atoms with Gasteiger partial charge in [0.05, 0.1) is 28.1 Å². The van der Waals surface area contributed by atoms with Crippen molar-refractivity contribution in [2.24, 2.45) is 0 Å². The number of carbonyl (C=O) groups excluding carboxylic acids is 1. The Morgan fingerprint density at radius 3 is 2.73 bits per heavy atom. The van der Waals surface area contributed by atoms with Crippen LogP contribution in [-0.2, 0) is 16.3 Å². The highest BCUT2D eigenvalue weighted by atomic mass is 32.2. The maximum Gasteiger partial charge on any atom is 0.259 e. The van der Waals surface area contributed by atoms with E-state index in [9.17, 15) is 13.2 Å². The third kappa shape index (κ3) is 3.11. The Morgan fingerprint density at radius 2 is 2.12 bits per heavy atom. The molecule has 2 fully saturated rings. The second kappa shape index (κ2) is 6.33. The van der Waals surface area contributed by atoms with E-state index in [4.69, 9.17) is 4.52 Å². The van der Waals surface area contributed by atoms with Gasteiger partial charge in [0.15, 0.2) is 9.84 Å². The molecule has 0 radical (unpaired) electrons. The Bertz CT molecular complexity index is 962. The molecule has 8 heteroatoms. The summed E-state index contributed by atoms with van der Waals surface area (Å²) in [5.74, 6) is 0.373. The zero-order chi connectivity index (χ0) is 18.5. The van der Waals surface area contributed by atoms with Crippen LogP contribution in [0.25, 0.3) is 11.1 Å². The maximum atomic E-state index is 13.2. The molecule has 140 valence electrons. The van der Waals surface area contributed by atoms with E-state index in [-0.39, 0.29) is 23.5 Å². The van der Waals surface area contributed by atoms with Crippen LogP contribution in [0.15, 0.2) is 10.6 Å². The van der Waals surface area contributed by atoms with Gasteiger partial charge in [-0.25, -0.2) is 13.4 Å². The zero-order valence-electron chi connectivity index (χ0n) is 15.1. The quantitative estimate of drug-likeness (QED) is 0.794. The molecule has 3 heterocycles. The molecule has 1 atom stereocenters. The van der Waals surface area contributed by atoms with E-state index in [1.54, 1.807) is 11.9 Å². The van der Waals surface area contributed by atoms with Crippen molar-refractivity contribution in [1.82, 2.24) is 15.0 Å². The second-order valence-electron chi connectivity index (χ2n) is 7.40. The van der Waals surface area contributed by atoms with Gasteiger partial charge in [0.2, 0.25) is 0 Å². The fraction of sp³-hybridized carbons (Fsp3) is 0.611. The summed E-state index contributed by atoms with van der Waals surface area (Å²) >= 11 is 0. The summed E-state index contributed by atoms with van der Waals surface area (Å²) < 4.78 is 29.0. The van der Waals surface area contributed by atoms with Crippen molar-refractivity contribution in [2.45, 2.75) is 51.0 Å². The van der Waals surface area contributed by atoms with Crippen molar-refractivity contribution in [1.29, 1.82) is 0 Å². The number of hydrogen-bond donors (Lipinski definition) is 0. The monoisotopic (exact) mass is 377 g/mol. The minimum Gasteiger partial charge on any atom is -0.338 e. The molecular weight excluding hydrogens is 354 g/mol. The van der Waals surface area contributed by atoms with E-state index in [0.29, 0.717) is 35.4 Å². The summed E-state index contributed by atoms with van der Waals surface area (Å²) in [6, 6.07) is 1.58. The Morgan fingerprint density at radius 1 is 1.35 bits per heavy atom. The Labute approximate surface area is 152 Å². The molecule has 0 bridgehead atoms. The van der Waals surface area contributed by atoms with Crippen LogP contribution in [-0.4, -0.2) is 54.0 Å². The van der Waals surface area contributed by atoms with E-state index >= 15 is 0 Å². The van der Waals surface area contributed by atoms with E-state index in [2.05, 4.69) is 10.1 Å². The Kier molecular flexibility index (Phi) is 4.25. The first-order valence-electron chi connectivity index (χ1n) is 9.16. The smallest absolute Gasteiger partial charge is 0.259 e. The van der Waals surface area contributed by atoms with Gasteiger partial charge in [-0.05, 0) is 31.7 Å². The number of carbonyl (C=O) groups is 1. The highest BCUT2D eigenvalue weighted by molar-refractivity contribution is 7.91. The van der Waals surface area contributed by atoms with E-state index in [1.807, 2.05) is 13.0 Å². The SMILES string of the molecule is CCCc1noc2nc(C3CC3)cc(C(=O)N(C)[C@H]3CCS(=O)(=O)C3)c12. The molecule has 1 aliphatic heterocycles. The van der Waals surface area contributed by atoms with Crippen LogP contribution in [0.5, 0.6) is 0 Å². The lowest BCUT2D eigenvalue weighted by atomic mass is 10.0. The lowest BCUT2D eigenvalue weighted by molar-refractivity contribution is 0.0749. The number of nitrogens with zero attached hydrogens (tertiary/aromatic N) is 3. The van der Waals surface area contributed by atoms with Gasteiger partial charge in [0.1, 0.15) is 0 Å². The normalized spacial score (nSPS) is 22.0. The first kappa shape index (κ1) is 17.5. The predicted octanol–water partition coefficient (Wildman–Crippen LogP) is 2.31. The van der Waals surface area contributed by atoms with Gasteiger partial charge in [-0.2, -0.15) is 0 Å². The van der Waals surface area contributed by atoms with Crippen molar-refractivity contribution in [2.75, 3.05) is 18.6 Å².